The Labute approximate surface area is 118 Å². The van der Waals surface area contributed by atoms with Crippen molar-refractivity contribution in [2.75, 3.05) is 27.9 Å². The zero-order chi connectivity index (χ0) is 15.1. The summed E-state index contributed by atoms with van der Waals surface area (Å²) in [5, 5.41) is 0. The van der Waals surface area contributed by atoms with Crippen molar-refractivity contribution >= 4 is 5.97 Å². The van der Waals surface area contributed by atoms with Gasteiger partial charge in [0, 0.05) is 12.1 Å². The SMILES string of the molecule is COc1cc(OC)c(C(=O)OOCC(C)C)cc1OC. The zero-order valence-corrected chi connectivity index (χ0v) is 12.4. The maximum atomic E-state index is 12.0. The molecule has 20 heavy (non-hydrogen) atoms. The van der Waals surface area contributed by atoms with Gasteiger partial charge in [0.25, 0.3) is 0 Å². The van der Waals surface area contributed by atoms with Crippen molar-refractivity contribution in [2.24, 2.45) is 5.92 Å². The fraction of sp³-hybridized carbons (Fsp3) is 0.500. The van der Waals surface area contributed by atoms with Crippen molar-refractivity contribution in [3.05, 3.63) is 17.7 Å². The minimum atomic E-state index is -0.650. The van der Waals surface area contributed by atoms with E-state index in [9.17, 15) is 4.79 Å². The van der Waals surface area contributed by atoms with Crippen LogP contribution in [0, 0.1) is 5.92 Å². The number of ether oxygens (including phenoxy) is 3. The summed E-state index contributed by atoms with van der Waals surface area (Å²) < 4.78 is 15.4. The topological polar surface area (TPSA) is 63.2 Å². The highest BCUT2D eigenvalue weighted by Crippen LogP contribution is 2.34. The Bertz CT molecular complexity index is 455. The third-order valence-electron chi connectivity index (χ3n) is 2.46. The van der Waals surface area contributed by atoms with Gasteiger partial charge in [-0.3, -0.25) is 4.89 Å². The first-order valence-electron chi connectivity index (χ1n) is 6.17. The van der Waals surface area contributed by atoms with Gasteiger partial charge in [-0.05, 0) is 5.92 Å². The first kappa shape index (κ1) is 16.1. The van der Waals surface area contributed by atoms with Gasteiger partial charge in [-0.1, -0.05) is 13.8 Å². The fourth-order valence-corrected chi connectivity index (χ4v) is 1.46. The minimum Gasteiger partial charge on any atom is -0.496 e. The lowest BCUT2D eigenvalue weighted by Crippen LogP contribution is -2.11. The number of carbonyl (C=O) groups excluding carboxylic acids is 1. The molecular weight excluding hydrogens is 264 g/mol. The summed E-state index contributed by atoms with van der Waals surface area (Å²) in [6.45, 7) is 4.22. The van der Waals surface area contributed by atoms with E-state index in [1.807, 2.05) is 13.8 Å². The first-order valence-corrected chi connectivity index (χ1v) is 6.17. The van der Waals surface area contributed by atoms with Gasteiger partial charge in [0.2, 0.25) is 0 Å². The predicted molar refractivity (Wildman–Crippen MR) is 72.3 cm³/mol. The van der Waals surface area contributed by atoms with Crippen LogP contribution >= 0.6 is 0 Å². The Kier molecular flexibility index (Phi) is 6.11. The van der Waals surface area contributed by atoms with Gasteiger partial charge in [-0.25, -0.2) is 4.79 Å². The van der Waals surface area contributed by atoms with Crippen LogP contribution in [0.2, 0.25) is 0 Å². The molecule has 0 bridgehead atoms. The number of hydrogen-bond acceptors (Lipinski definition) is 6. The average molecular weight is 284 g/mol. The van der Waals surface area contributed by atoms with Crippen molar-refractivity contribution in [3.63, 3.8) is 0 Å². The highest BCUT2D eigenvalue weighted by Gasteiger charge is 2.19. The van der Waals surface area contributed by atoms with E-state index in [2.05, 4.69) is 0 Å². The van der Waals surface area contributed by atoms with E-state index >= 15 is 0 Å². The summed E-state index contributed by atoms with van der Waals surface area (Å²) in [6.07, 6.45) is 0. The predicted octanol–water partition coefficient (Wildman–Crippen LogP) is 2.46. The Hall–Kier alpha value is -1.95. The molecule has 0 spiro atoms. The molecule has 0 amide bonds. The van der Waals surface area contributed by atoms with Crippen LogP contribution in [0.1, 0.15) is 24.2 Å². The maximum Gasteiger partial charge on any atom is 0.376 e. The Balaban J connectivity index is 2.94. The van der Waals surface area contributed by atoms with E-state index in [-0.39, 0.29) is 11.5 Å². The molecule has 1 aromatic carbocycles. The molecule has 0 saturated heterocycles. The lowest BCUT2D eigenvalue weighted by atomic mass is 10.1. The summed E-state index contributed by atoms with van der Waals surface area (Å²) in [5.41, 5.74) is 0.203. The lowest BCUT2D eigenvalue weighted by molar-refractivity contribution is -0.247. The maximum absolute atomic E-state index is 12.0. The molecule has 0 heterocycles. The van der Waals surface area contributed by atoms with Crippen molar-refractivity contribution in [1.29, 1.82) is 0 Å². The van der Waals surface area contributed by atoms with Crippen LogP contribution in [0.25, 0.3) is 0 Å². The van der Waals surface area contributed by atoms with Crippen LogP contribution in [0.4, 0.5) is 0 Å². The summed E-state index contributed by atoms with van der Waals surface area (Å²) in [7, 11) is 4.43. The minimum absolute atomic E-state index is 0.203. The van der Waals surface area contributed by atoms with E-state index in [1.165, 1.54) is 27.4 Å². The molecule has 6 nitrogen and oxygen atoms in total. The summed E-state index contributed by atoms with van der Waals surface area (Å²) >= 11 is 0. The molecule has 1 aromatic rings. The Morgan fingerprint density at radius 2 is 1.55 bits per heavy atom. The molecule has 0 aliphatic carbocycles. The molecule has 0 saturated carbocycles. The van der Waals surface area contributed by atoms with Crippen LogP contribution in [-0.4, -0.2) is 33.9 Å². The van der Waals surface area contributed by atoms with Crippen LogP contribution in [0.5, 0.6) is 17.2 Å². The second kappa shape index (κ2) is 7.59. The van der Waals surface area contributed by atoms with E-state index in [0.29, 0.717) is 23.9 Å². The molecule has 0 unspecified atom stereocenters. The second-order valence-electron chi connectivity index (χ2n) is 4.46. The van der Waals surface area contributed by atoms with E-state index in [0.717, 1.165) is 0 Å². The van der Waals surface area contributed by atoms with Gasteiger partial charge in [-0.15, -0.1) is 0 Å². The van der Waals surface area contributed by atoms with Gasteiger partial charge < -0.3 is 14.2 Å². The quantitative estimate of drug-likeness (QED) is 0.566. The molecule has 0 fully saturated rings. The molecule has 1 rings (SSSR count). The molecule has 0 aliphatic rings. The van der Waals surface area contributed by atoms with Crippen LogP contribution in [0.3, 0.4) is 0 Å². The largest absolute Gasteiger partial charge is 0.496 e. The van der Waals surface area contributed by atoms with Crippen molar-refractivity contribution in [1.82, 2.24) is 0 Å². The van der Waals surface area contributed by atoms with Crippen LogP contribution in [-0.2, 0) is 9.78 Å². The number of carbonyl (C=O) groups is 1. The van der Waals surface area contributed by atoms with E-state index in [4.69, 9.17) is 24.0 Å². The third-order valence-corrected chi connectivity index (χ3v) is 2.46. The standard InChI is InChI=1S/C14H20O6/c1-9(2)8-19-20-14(15)10-6-12(17-4)13(18-5)7-11(10)16-3/h6-7,9H,8H2,1-5H3. The third kappa shape index (κ3) is 4.03. The second-order valence-corrected chi connectivity index (χ2v) is 4.46. The molecule has 0 aromatic heterocycles. The average Bonchev–Trinajstić information content (AvgIpc) is 2.45. The van der Waals surface area contributed by atoms with E-state index < -0.39 is 5.97 Å². The molecule has 0 aliphatic heterocycles. The smallest absolute Gasteiger partial charge is 0.376 e. The number of benzene rings is 1. The van der Waals surface area contributed by atoms with Crippen LogP contribution < -0.4 is 14.2 Å². The monoisotopic (exact) mass is 284 g/mol. The Morgan fingerprint density at radius 3 is 2.05 bits per heavy atom. The highest BCUT2D eigenvalue weighted by atomic mass is 17.2. The first-order chi connectivity index (χ1) is 9.53. The van der Waals surface area contributed by atoms with Gasteiger partial charge in [0.05, 0.1) is 27.9 Å². The lowest BCUT2D eigenvalue weighted by Gasteiger charge is -2.13. The fourth-order valence-electron chi connectivity index (χ4n) is 1.46. The summed E-state index contributed by atoms with van der Waals surface area (Å²) in [5.74, 6) is 0.799. The summed E-state index contributed by atoms with van der Waals surface area (Å²) in [6, 6.07) is 3.04. The number of rotatable bonds is 7. The zero-order valence-electron chi connectivity index (χ0n) is 12.4. The highest BCUT2D eigenvalue weighted by molar-refractivity contribution is 5.93. The molecule has 6 heteroatoms. The van der Waals surface area contributed by atoms with Crippen molar-refractivity contribution < 1.29 is 28.8 Å². The van der Waals surface area contributed by atoms with Crippen molar-refractivity contribution in [3.8, 4) is 17.2 Å². The summed E-state index contributed by atoms with van der Waals surface area (Å²) in [4.78, 5) is 21.6. The van der Waals surface area contributed by atoms with Gasteiger partial charge in [0.15, 0.2) is 11.5 Å². The van der Waals surface area contributed by atoms with Gasteiger partial charge in [-0.2, -0.15) is 4.89 Å². The molecular formula is C14H20O6. The molecule has 0 atom stereocenters. The normalized spacial score (nSPS) is 10.3. The molecule has 0 N–H and O–H groups in total. The van der Waals surface area contributed by atoms with Gasteiger partial charge in [0.1, 0.15) is 11.3 Å². The van der Waals surface area contributed by atoms with Crippen molar-refractivity contribution in [2.45, 2.75) is 13.8 Å². The van der Waals surface area contributed by atoms with Crippen LogP contribution in [0.15, 0.2) is 12.1 Å². The Morgan fingerprint density at radius 1 is 1.00 bits per heavy atom. The molecule has 0 radical (unpaired) electrons. The number of hydrogen-bond donors (Lipinski definition) is 0. The number of methoxy groups -OCH3 is 3. The van der Waals surface area contributed by atoms with E-state index in [1.54, 1.807) is 6.07 Å². The van der Waals surface area contributed by atoms with Gasteiger partial charge >= 0.3 is 5.97 Å². The molecule has 112 valence electrons.